The quantitative estimate of drug-likeness (QED) is 0.315. The van der Waals surface area contributed by atoms with Crippen LogP contribution in [0.15, 0.2) is 77.3 Å². The zero-order valence-corrected chi connectivity index (χ0v) is 21.4. The number of hydrogen-bond acceptors (Lipinski definition) is 5. The van der Waals surface area contributed by atoms with E-state index in [1.165, 1.54) is 4.90 Å². The Morgan fingerprint density at radius 2 is 1.75 bits per heavy atom. The normalized spacial score (nSPS) is 24.0. The highest BCUT2D eigenvalue weighted by Crippen LogP contribution is 2.50. The lowest BCUT2D eigenvalue weighted by Gasteiger charge is -2.36. The van der Waals surface area contributed by atoms with Crippen molar-refractivity contribution in [3.05, 3.63) is 93.4 Å². The summed E-state index contributed by atoms with van der Waals surface area (Å²) >= 11 is 9.63. The van der Waals surface area contributed by atoms with Crippen LogP contribution < -0.4 is 14.5 Å². The van der Waals surface area contributed by atoms with E-state index in [-0.39, 0.29) is 11.7 Å². The number of methoxy groups -OCH3 is 1. The van der Waals surface area contributed by atoms with Crippen molar-refractivity contribution in [3.63, 3.8) is 0 Å². The van der Waals surface area contributed by atoms with Crippen LogP contribution in [0.1, 0.15) is 15.9 Å². The first-order valence-electron chi connectivity index (χ1n) is 11.5. The van der Waals surface area contributed by atoms with Crippen LogP contribution in [0.2, 0.25) is 5.02 Å². The minimum Gasteiger partial charge on any atom is -0.496 e. The van der Waals surface area contributed by atoms with Crippen molar-refractivity contribution in [1.29, 1.82) is 0 Å². The van der Waals surface area contributed by atoms with Crippen molar-refractivity contribution in [3.8, 4) is 5.75 Å². The molecule has 3 aromatic carbocycles. The number of amides is 2. The van der Waals surface area contributed by atoms with Crippen LogP contribution in [0.4, 0.5) is 11.4 Å². The molecule has 0 saturated carbocycles. The topological polar surface area (TPSA) is 66.9 Å². The van der Waals surface area contributed by atoms with Crippen molar-refractivity contribution in [1.82, 2.24) is 0 Å². The van der Waals surface area contributed by atoms with Gasteiger partial charge in [0.15, 0.2) is 5.78 Å². The molecule has 0 N–H and O–H groups in total. The van der Waals surface area contributed by atoms with Crippen LogP contribution in [0.3, 0.4) is 0 Å². The number of ether oxygens (including phenoxy) is 1. The second-order valence-electron chi connectivity index (χ2n) is 9.02. The Kier molecular flexibility index (Phi) is 5.50. The van der Waals surface area contributed by atoms with Gasteiger partial charge in [-0.15, -0.1) is 0 Å². The second-order valence-corrected chi connectivity index (χ2v) is 10.3. The molecule has 3 aliphatic heterocycles. The molecule has 2 fully saturated rings. The molecule has 3 aromatic rings. The molecule has 0 aliphatic carbocycles. The second kappa shape index (κ2) is 8.61. The summed E-state index contributed by atoms with van der Waals surface area (Å²) in [6.45, 7) is 0. The monoisotopic (exact) mass is 562 g/mol. The van der Waals surface area contributed by atoms with E-state index in [9.17, 15) is 14.4 Å². The highest BCUT2D eigenvalue weighted by molar-refractivity contribution is 9.10. The molecular weight excluding hydrogens is 544 g/mol. The van der Waals surface area contributed by atoms with Crippen LogP contribution in [0.5, 0.6) is 5.75 Å². The van der Waals surface area contributed by atoms with E-state index in [1.807, 2.05) is 41.3 Å². The molecule has 4 atom stereocenters. The first-order chi connectivity index (χ1) is 17.4. The maximum Gasteiger partial charge on any atom is 0.240 e. The standard InChI is InChI=1S/C28H20BrClN2O4/c1-36-22-12-10-16(13-19(22)29)26(33)25-24-23(21-11-9-15-5-2-3-8-20(15)32(21)25)27(34)31(28(24)35)18-7-4-6-17(30)14-18/h2-14,21,23-25H,1H3/t21-,23-,24+,25-/m1/s1. The van der Waals surface area contributed by atoms with E-state index in [0.717, 1.165) is 11.3 Å². The van der Waals surface area contributed by atoms with Crippen LogP contribution >= 0.6 is 27.5 Å². The number of Topliss-reactive ketones (excluding diaryl/α,β-unsaturated/α-hetero) is 1. The average Bonchev–Trinajstić information content (AvgIpc) is 3.36. The molecule has 2 amide bonds. The molecule has 36 heavy (non-hydrogen) atoms. The number of benzene rings is 3. The summed E-state index contributed by atoms with van der Waals surface area (Å²) in [5.41, 5.74) is 2.62. The van der Waals surface area contributed by atoms with Gasteiger partial charge in [-0.1, -0.05) is 48.0 Å². The Labute approximate surface area is 221 Å². The number of nitrogens with zero attached hydrogens (tertiary/aromatic N) is 2. The third-order valence-electron chi connectivity index (χ3n) is 7.19. The fourth-order valence-electron chi connectivity index (χ4n) is 5.67. The van der Waals surface area contributed by atoms with Gasteiger partial charge in [-0.3, -0.25) is 14.4 Å². The zero-order chi connectivity index (χ0) is 25.1. The van der Waals surface area contributed by atoms with Gasteiger partial charge in [-0.05, 0) is 64.0 Å². The molecule has 0 aromatic heterocycles. The van der Waals surface area contributed by atoms with Crippen molar-refractivity contribution in [2.75, 3.05) is 16.9 Å². The molecule has 0 spiro atoms. The largest absolute Gasteiger partial charge is 0.496 e. The molecule has 3 aliphatic rings. The van der Waals surface area contributed by atoms with Gasteiger partial charge in [0.2, 0.25) is 11.8 Å². The summed E-state index contributed by atoms with van der Waals surface area (Å²) in [7, 11) is 1.55. The van der Waals surface area contributed by atoms with Gasteiger partial charge in [0.1, 0.15) is 11.8 Å². The van der Waals surface area contributed by atoms with E-state index in [4.69, 9.17) is 16.3 Å². The molecule has 8 heteroatoms. The van der Waals surface area contributed by atoms with Gasteiger partial charge in [0, 0.05) is 16.3 Å². The van der Waals surface area contributed by atoms with E-state index in [0.29, 0.717) is 26.5 Å². The number of hydrogen-bond donors (Lipinski definition) is 0. The fourth-order valence-corrected chi connectivity index (χ4v) is 6.40. The summed E-state index contributed by atoms with van der Waals surface area (Å²) in [4.78, 5) is 45.0. The molecule has 0 unspecified atom stereocenters. The number of carbonyl (C=O) groups is 3. The Morgan fingerprint density at radius 3 is 2.50 bits per heavy atom. The summed E-state index contributed by atoms with van der Waals surface area (Å²) in [6.07, 6.45) is 3.90. The fraction of sp³-hybridized carbons (Fsp3) is 0.179. The maximum atomic E-state index is 14.1. The van der Waals surface area contributed by atoms with Gasteiger partial charge in [0.25, 0.3) is 0 Å². The SMILES string of the molecule is COc1ccc(C(=O)[C@H]2[C@H]3C(=O)N(c4cccc(Cl)c4)C(=O)[C@@H]3[C@H]3C=Cc4ccccc4N32)cc1Br. The number of carbonyl (C=O) groups excluding carboxylic acids is 3. The minimum absolute atomic E-state index is 0.227. The van der Waals surface area contributed by atoms with E-state index < -0.39 is 29.8 Å². The summed E-state index contributed by atoms with van der Waals surface area (Å²) < 4.78 is 5.95. The number of imide groups is 1. The lowest BCUT2D eigenvalue weighted by molar-refractivity contribution is -0.122. The van der Waals surface area contributed by atoms with E-state index in [2.05, 4.69) is 15.9 Å². The molecule has 2 saturated heterocycles. The summed E-state index contributed by atoms with van der Waals surface area (Å²) in [5, 5.41) is 0.425. The molecule has 6 nitrogen and oxygen atoms in total. The van der Waals surface area contributed by atoms with Crippen LogP contribution in [-0.2, 0) is 9.59 Å². The van der Waals surface area contributed by atoms with Crippen molar-refractivity contribution >= 4 is 62.6 Å². The molecule has 6 rings (SSSR count). The van der Waals surface area contributed by atoms with Crippen molar-refractivity contribution in [2.24, 2.45) is 11.8 Å². The first kappa shape index (κ1) is 23.0. The Balaban J connectivity index is 1.49. The number of rotatable bonds is 4. The van der Waals surface area contributed by atoms with Gasteiger partial charge < -0.3 is 9.64 Å². The van der Waals surface area contributed by atoms with Gasteiger partial charge in [-0.2, -0.15) is 0 Å². The van der Waals surface area contributed by atoms with E-state index >= 15 is 0 Å². The van der Waals surface area contributed by atoms with Crippen LogP contribution in [0, 0.1) is 11.8 Å². The number of ketones is 1. The van der Waals surface area contributed by atoms with Gasteiger partial charge in [-0.25, -0.2) is 4.90 Å². The number of halogens is 2. The minimum atomic E-state index is -0.855. The van der Waals surface area contributed by atoms with E-state index in [1.54, 1.807) is 49.6 Å². The van der Waals surface area contributed by atoms with Crippen LogP contribution in [-0.4, -0.2) is 36.8 Å². The summed E-state index contributed by atoms with van der Waals surface area (Å²) in [5.74, 6) is -1.88. The Bertz CT molecular complexity index is 1470. The molecule has 0 bridgehead atoms. The highest BCUT2D eigenvalue weighted by atomic mass is 79.9. The van der Waals surface area contributed by atoms with Crippen LogP contribution in [0.25, 0.3) is 6.08 Å². The number of fused-ring (bicyclic) bond motifs is 5. The maximum absolute atomic E-state index is 14.1. The van der Waals surface area contributed by atoms with Gasteiger partial charge in [0.05, 0.1) is 35.1 Å². The molecule has 3 heterocycles. The third kappa shape index (κ3) is 3.33. The van der Waals surface area contributed by atoms with Gasteiger partial charge >= 0.3 is 0 Å². The van der Waals surface area contributed by atoms with Crippen molar-refractivity contribution < 1.29 is 19.1 Å². The predicted octanol–water partition coefficient (Wildman–Crippen LogP) is 5.38. The first-order valence-corrected chi connectivity index (χ1v) is 12.6. The lowest BCUT2D eigenvalue weighted by Crippen LogP contribution is -2.48. The zero-order valence-electron chi connectivity index (χ0n) is 19.1. The smallest absolute Gasteiger partial charge is 0.240 e. The number of para-hydroxylation sites is 1. The third-order valence-corrected chi connectivity index (χ3v) is 8.04. The summed E-state index contributed by atoms with van der Waals surface area (Å²) in [6, 6.07) is 18.2. The molecule has 0 radical (unpaired) electrons. The highest BCUT2D eigenvalue weighted by Gasteiger charge is 2.64. The average molecular weight is 564 g/mol. The molecule has 180 valence electrons. The Morgan fingerprint density at radius 1 is 0.972 bits per heavy atom. The lowest BCUT2D eigenvalue weighted by atomic mass is 9.86. The Hall–Kier alpha value is -3.42. The molecular formula is C28H20BrClN2O4. The predicted molar refractivity (Wildman–Crippen MR) is 141 cm³/mol. The number of anilines is 2. The van der Waals surface area contributed by atoms with Crippen molar-refractivity contribution in [2.45, 2.75) is 12.1 Å².